The summed E-state index contributed by atoms with van der Waals surface area (Å²) in [6.07, 6.45) is 1.79. The highest BCUT2D eigenvalue weighted by Gasteiger charge is 2.18. The summed E-state index contributed by atoms with van der Waals surface area (Å²) in [7, 11) is 3.28. The van der Waals surface area contributed by atoms with Gasteiger partial charge in [-0.05, 0) is 74.0 Å². The van der Waals surface area contributed by atoms with Gasteiger partial charge in [0.1, 0.15) is 11.5 Å². The zero-order valence-corrected chi connectivity index (χ0v) is 21.3. The van der Waals surface area contributed by atoms with E-state index in [1.165, 1.54) is 0 Å². The SMILES string of the molecule is COc1ccc(CNC(=O)c2cc(-c3cnn(-c4ccc(OC)cc4)c3C)nc3ccc(C)cc23)cc1. The third kappa shape index (κ3) is 4.89. The number of ether oxygens (including phenoxy) is 2. The van der Waals surface area contributed by atoms with Gasteiger partial charge < -0.3 is 14.8 Å². The maximum atomic E-state index is 13.4. The molecule has 1 amide bonds. The molecular weight excluding hydrogens is 464 g/mol. The van der Waals surface area contributed by atoms with Gasteiger partial charge in [0.25, 0.3) is 5.91 Å². The number of aromatic nitrogens is 3. The van der Waals surface area contributed by atoms with Gasteiger partial charge in [-0.15, -0.1) is 0 Å². The molecule has 5 aromatic rings. The van der Waals surface area contributed by atoms with E-state index in [1.807, 2.05) is 91.3 Å². The number of hydrogen-bond acceptors (Lipinski definition) is 5. The largest absolute Gasteiger partial charge is 0.497 e. The van der Waals surface area contributed by atoms with Gasteiger partial charge in [-0.25, -0.2) is 9.67 Å². The maximum absolute atomic E-state index is 13.4. The number of carbonyl (C=O) groups is 1. The van der Waals surface area contributed by atoms with Crippen LogP contribution in [0.1, 0.15) is 27.2 Å². The molecule has 7 heteroatoms. The number of rotatable bonds is 7. The van der Waals surface area contributed by atoms with Crippen molar-refractivity contribution >= 4 is 16.8 Å². The Bertz CT molecular complexity index is 1570. The predicted molar refractivity (Wildman–Crippen MR) is 144 cm³/mol. The van der Waals surface area contributed by atoms with Gasteiger partial charge >= 0.3 is 0 Å². The van der Waals surface area contributed by atoms with Gasteiger partial charge in [-0.1, -0.05) is 23.8 Å². The average Bonchev–Trinajstić information content (AvgIpc) is 3.32. The standard InChI is InChI=1S/C30H28N4O3/c1-19-5-14-28-25(15-19)26(30(35)31-17-21-6-10-23(36-3)11-7-21)16-29(33-28)27-18-32-34(20(27)2)22-8-12-24(37-4)13-9-22/h5-16,18H,17H2,1-4H3,(H,31,35). The third-order valence-corrected chi connectivity index (χ3v) is 6.42. The average molecular weight is 493 g/mol. The minimum atomic E-state index is -0.157. The van der Waals surface area contributed by atoms with Gasteiger partial charge in [0.05, 0.1) is 48.6 Å². The Morgan fingerprint density at radius 2 is 1.57 bits per heavy atom. The Hall–Kier alpha value is -4.65. The van der Waals surface area contributed by atoms with Gasteiger partial charge in [-0.3, -0.25) is 4.79 Å². The smallest absolute Gasteiger partial charge is 0.252 e. The van der Waals surface area contributed by atoms with E-state index in [0.717, 1.165) is 50.5 Å². The molecule has 0 spiro atoms. The van der Waals surface area contributed by atoms with Crippen LogP contribution in [0.3, 0.4) is 0 Å². The number of aryl methyl sites for hydroxylation is 1. The lowest BCUT2D eigenvalue weighted by Gasteiger charge is -2.12. The van der Waals surface area contributed by atoms with Crippen LogP contribution in [0.2, 0.25) is 0 Å². The van der Waals surface area contributed by atoms with E-state index in [-0.39, 0.29) is 5.91 Å². The summed E-state index contributed by atoms with van der Waals surface area (Å²) in [5.41, 5.74) is 6.79. The summed E-state index contributed by atoms with van der Waals surface area (Å²) < 4.78 is 12.4. The lowest BCUT2D eigenvalue weighted by Crippen LogP contribution is -2.23. The number of benzene rings is 3. The molecule has 186 valence electrons. The van der Waals surface area contributed by atoms with E-state index in [9.17, 15) is 4.79 Å². The molecule has 7 nitrogen and oxygen atoms in total. The van der Waals surface area contributed by atoms with E-state index in [2.05, 4.69) is 10.4 Å². The monoisotopic (exact) mass is 492 g/mol. The van der Waals surface area contributed by atoms with Gasteiger partial charge in [-0.2, -0.15) is 5.10 Å². The maximum Gasteiger partial charge on any atom is 0.252 e. The quantitative estimate of drug-likeness (QED) is 0.318. The highest BCUT2D eigenvalue weighted by atomic mass is 16.5. The van der Waals surface area contributed by atoms with Crippen molar-refractivity contribution in [1.82, 2.24) is 20.1 Å². The summed E-state index contributed by atoms with van der Waals surface area (Å²) in [5.74, 6) is 1.40. The van der Waals surface area contributed by atoms with Crippen LogP contribution < -0.4 is 14.8 Å². The van der Waals surface area contributed by atoms with Crippen LogP contribution in [-0.4, -0.2) is 34.9 Å². The number of hydrogen-bond donors (Lipinski definition) is 1. The Labute approximate surface area is 215 Å². The van der Waals surface area contributed by atoms with Gasteiger partial charge in [0, 0.05) is 17.5 Å². The summed E-state index contributed by atoms with van der Waals surface area (Å²) in [4.78, 5) is 18.3. The number of carbonyl (C=O) groups excluding carboxylic acids is 1. The molecule has 3 aromatic carbocycles. The Kier molecular flexibility index (Phi) is 6.60. The zero-order chi connectivity index (χ0) is 25.9. The number of pyridine rings is 1. The van der Waals surface area contributed by atoms with Crippen LogP contribution >= 0.6 is 0 Å². The molecule has 2 heterocycles. The molecule has 37 heavy (non-hydrogen) atoms. The lowest BCUT2D eigenvalue weighted by molar-refractivity contribution is 0.0952. The van der Waals surface area contributed by atoms with Gasteiger partial charge in [0.15, 0.2) is 0 Å². The van der Waals surface area contributed by atoms with Crippen molar-refractivity contribution in [3.63, 3.8) is 0 Å². The molecule has 0 bridgehead atoms. The third-order valence-electron chi connectivity index (χ3n) is 6.42. The normalized spacial score (nSPS) is 10.9. The highest BCUT2D eigenvalue weighted by Crippen LogP contribution is 2.29. The molecule has 0 saturated carbocycles. The van der Waals surface area contributed by atoms with Crippen molar-refractivity contribution < 1.29 is 14.3 Å². The van der Waals surface area contributed by atoms with Crippen molar-refractivity contribution in [2.24, 2.45) is 0 Å². The Morgan fingerprint density at radius 3 is 2.24 bits per heavy atom. The second-order valence-corrected chi connectivity index (χ2v) is 8.86. The summed E-state index contributed by atoms with van der Waals surface area (Å²) in [5, 5.41) is 8.48. The molecule has 1 N–H and O–H groups in total. The number of nitrogens with zero attached hydrogens (tertiary/aromatic N) is 3. The molecule has 2 aromatic heterocycles. The van der Waals surface area contributed by atoms with Crippen LogP contribution in [0.25, 0.3) is 27.8 Å². The topological polar surface area (TPSA) is 78.3 Å². The van der Waals surface area contributed by atoms with Crippen LogP contribution in [0, 0.1) is 13.8 Å². The molecule has 0 aliphatic rings. The second kappa shape index (κ2) is 10.1. The molecular formula is C30H28N4O3. The number of fused-ring (bicyclic) bond motifs is 1. The van der Waals surface area contributed by atoms with Crippen LogP contribution in [0.5, 0.6) is 11.5 Å². The van der Waals surface area contributed by atoms with Crippen molar-refractivity contribution in [1.29, 1.82) is 0 Å². The first-order chi connectivity index (χ1) is 18.0. The number of amides is 1. The molecule has 0 atom stereocenters. The Morgan fingerprint density at radius 1 is 0.892 bits per heavy atom. The Balaban J connectivity index is 1.50. The van der Waals surface area contributed by atoms with E-state index < -0.39 is 0 Å². The predicted octanol–water partition coefficient (Wildman–Crippen LogP) is 5.65. The van der Waals surface area contributed by atoms with Crippen LogP contribution in [-0.2, 0) is 6.54 Å². The van der Waals surface area contributed by atoms with Crippen molar-refractivity contribution in [2.75, 3.05) is 14.2 Å². The summed E-state index contributed by atoms with van der Waals surface area (Å²) in [6, 6.07) is 23.2. The number of nitrogens with one attached hydrogen (secondary N) is 1. The molecule has 0 fully saturated rings. The molecule has 0 aliphatic carbocycles. The molecule has 0 saturated heterocycles. The zero-order valence-electron chi connectivity index (χ0n) is 21.3. The van der Waals surface area contributed by atoms with E-state index in [0.29, 0.717) is 17.8 Å². The minimum absolute atomic E-state index is 0.157. The molecule has 0 aliphatic heterocycles. The molecule has 0 radical (unpaired) electrons. The summed E-state index contributed by atoms with van der Waals surface area (Å²) in [6.45, 7) is 4.41. The first-order valence-electron chi connectivity index (χ1n) is 12.0. The first-order valence-corrected chi connectivity index (χ1v) is 12.0. The molecule has 0 unspecified atom stereocenters. The van der Waals surface area contributed by atoms with Crippen LogP contribution in [0.4, 0.5) is 0 Å². The lowest BCUT2D eigenvalue weighted by atomic mass is 10.0. The fraction of sp³-hybridized carbons (Fsp3) is 0.167. The van der Waals surface area contributed by atoms with Crippen molar-refractivity contribution in [3.8, 4) is 28.4 Å². The van der Waals surface area contributed by atoms with Crippen molar-refractivity contribution in [3.05, 3.63) is 101 Å². The minimum Gasteiger partial charge on any atom is -0.497 e. The fourth-order valence-corrected chi connectivity index (χ4v) is 4.33. The van der Waals surface area contributed by atoms with E-state index >= 15 is 0 Å². The van der Waals surface area contributed by atoms with E-state index in [4.69, 9.17) is 14.5 Å². The summed E-state index contributed by atoms with van der Waals surface area (Å²) >= 11 is 0. The second-order valence-electron chi connectivity index (χ2n) is 8.86. The van der Waals surface area contributed by atoms with Gasteiger partial charge in [0.2, 0.25) is 0 Å². The fourth-order valence-electron chi connectivity index (χ4n) is 4.33. The number of methoxy groups -OCH3 is 2. The van der Waals surface area contributed by atoms with Crippen molar-refractivity contribution in [2.45, 2.75) is 20.4 Å². The molecule has 5 rings (SSSR count). The van der Waals surface area contributed by atoms with Crippen LogP contribution in [0.15, 0.2) is 79.0 Å². The highest BCUT2D eigenvalue weighted by molar-refractivity contribution is 6.07. The van der Waals surface area contributed by atoms with E-state index in [1.54, 1.807) is 20.4 Å². The first kappa shape index (κ1) is 24.1.